The van der Waals surface area contributed by atoms with E-state index in [-0.39, 0.29) is 11.6 Å². The fourth-order valence-corrected chi connectivity index (χ4v) is 1.43. The quantitative estimate of drug-likeness (QED) is 0.824. The Balaban J connectivity index is 2.49. The molecule has 1 rings (SSSR count). The third-order valence-corrected chi connectivity index (χ3v) is 2.26. The lowest BCUT2D eigenvalue weighted by molar-refractivity contribution is 0.0765. The molecule has 1 atom stereocenters. The summed E-state index contributed by atoms with van der Waals surface area (Å²) in [5.41, 5.74) is 0.0893. The molecule has 1 N–H and O–H groups in total. The maximum absolute atomic E-state index is 5.86. The Labute approximate surface area is 104 Å². The van der Waals surface area contributed by atoms with Crippen LogP contribution < -0.4 is 10.1 Å². The van der Waals surface area contributed by atoms with Crippen LogP contribution in [-0.4, -0.2) is 31.9 Å². The summed E-state index contributed by atoms with van der Waals surface area (Å²) in [7, 11) is 1.69. The van der Waals surface area contributed by atoms with Gasteiger partial charge in [-0.3, -0.25) is 0 Å². The van der Waals surface area contributed by atoms with Crippen molar-refractivity contribution in [1.29, 1.82) is 0 Å². The largest absolute Gasteiger partial charge is 0.487 e. The number of methoxy groups -OCH3 is 1. The van der Waals surface area contributed by atoms with E-state index in [1.54, 1.807) is 7.11 Å². The summed E-state index contributed by atoms with van der Waals surface area (Å²) in [6.07, 6.45) is 0.0293. The number of benzene rings is 1. The molecule has 0 saturated heterocycles. The lowest BCUT2D eigenvalue weighted by Gasteiger charge is -2.25. The molecule has 0 radical (unpaired) electrons. The van der Waals surface area contributed by atoms with Crippen molar-refractivity contribution in [3.8, 4) is 5.75 Å². The maximum Gasteiger partial charge on any atom is 0.134 e. The molecule has 0 heterocycles. The minimum Gasteiger partial charge on any atom is -0.487 e. The van der Waals surface area contributed by atoms with Gasteiger partial charge in [0.25, 0.3) is 0 Å². The number of ether oxygens (including phenoxy) is 2. The average Bonchev–Trinajstić information content (AvgIpc) is 2.27. The highest BCUT2D eigenvalue weighted by atomic mass is 16.5. The Kier molecular flexibility index (Phi) is 5.45. The van der Waals surface area contributed by atoms with Gasteiger partial charge in [0.1, 0.15) is 11.9 Å². The number of hydrogen-bond donors (Lipinski definition) is 1. The van der Waals surface area contributed by atoms with Gasteiger partial charge in [0.05, 0.1) is 6.61 Å². The van der Waals surface area contributed by atoms with Crippen molar-refractivity contribution < 1.29 is 9.47 Å². The zero-order valence-electron chi connectivity index (χ0n) is 11.2. The summed E-state index contributed by atoms with van der Waals surface area (Å²) in [4.78, 5) is 0. The molecule has 96 valence electrons. The highest BCUT2D eigenvalue weighted by molar-refractivity contribution is 5.21. The number of para-hydroxylation sites is 1. The molecular formula is C14H23NO2. The molecule has 0 amide bonds. The first-order chi connectivity index (χ1) is 8.01. The van der Waals surface area contributed by atoms with Crippen LogP contribution in [0.15, 0.2) is 30.3 Å². The predicted molar refractivity (Wildman–Crippen MR) is 70.5 cm³/mol. The fourth-order valence-electron chi connectivity index (χ4n) is 1.43. The zero-order valence-corrected chi connectivity index (χ0v) is 11.2. The van der Waals surface area contributed by atoms with Crippen LogP contribution in [0.3, 0.4) is 0 Å². The fraction of sp³-hybridized carbons (Fsp3) is 0.571. The Bertz CT molecular complexity index is 306. The van der Waals surface area contributed by atoms with E-state index in [1.165, 1.54) is 0 Å². The Morgan fingerprint density at radius 1 is 1.18 bits per heavy atom. The molecule has 1 aromatic rings. The van der Waals surface area contributed by atoms with Crippen LogP contribution in [0.4, 0.5) is 0 Å². The highest BCUT2D eigenvalue weighted by Gasteiger charge is 2.15. The van der Waals surface area contributed by atoms with Crippen LogP contribution in [-0.2, 0) is 4.74 Å². The van der Waals surface area contributed by atoms with Crippen LogP contribution in [0.2, 0.25) is 0 Å². The van der Waals surface area contributed by atoms with E-state index in [1.807, 2.05) is 30.3 Å². The van der Waals surface area contributed by atoms with Gasteiger partial charge < -0.3 is 14.8 Å². The summed E-state index contributed by atoms with van der Waals surface area (Å²) >= 11 is 0. The van der Waals surface area contributed by atoms with E-state index >= 15 is 0 Å². The van der Waals surface area contributed by atoms with Gasteiger partial charge in [-0.1, -0.05) is 18.2 Å². The van der Waals surface area contributed by atoms with E-state index in [0.717, 1.165) is 12.3 Å². The Morgan fingerprint density at radius 3 is 2.35 bits per heavy atom. The molecule has 1 aromatic carbocycles. The van der Waals surface area contributed by atoms with Crippen LogP contribution in [0.25, 0.3) is 0 Å². The molecule has 0 aromatic heterocycles. The Morgan fingerprint density at radius 2 is 1.82 bits per heavy atom. The first kappa shape index (κ1) is 14.0. The summed E-state index contributed by atoms with van der Waals surface area (Å²) in [5.74, 6) is 0.880. The van der Waals surface area contributed by atoms with Crippen molar-refractivity contribution >= 4 is 0 Å². The van der Waals surface area contributed by atoms with Crippen LogP contribution in [0.1, 0.15) is 20.8 Å². The van der Waals surface area contributed by atoms with Gasteiger partial charge in [-0.05, 0) is 32.9 Å². The van der Waals surface area contributed by atoms with Crippen molar-refractivity contribution in [2.24, 2.45) is 0 Å². The van der Waals surface area contributed by atoms with Gasteiger partial charge in [0.15, 0.2) is 0 Å². The van der Waals surface area contributed by atoms with E-state index < -0.39 is 0 Å². The van der Waals surface area contributed by atoms with Crippen molar-refractivity contribution in [2.75, 3.05) is 20.3 Å². The molecule has 17 heavy (non-hydrogen) atoms. The highest BCUT2D eigenvalue weighted by Crippen LogP contribution is 2.11. The van der Waals surface area contributed by atoms with Crippen molar-refractivity contribution in [2.45, 2.75) is 32.4 Å². The van der Waals surface area contributed by atoms with Gasteiger partial charge in [-0.2, -0.15) is 0 Å². The average molecular weight is 237 g/mol. The lowest BCUT2D eigenvalue weighted by atomic mass is 10.1. The molecule has 0 spiro atoms. The second-order valence-electron chi connectivity index (χ2n) is 5.14. The van der Waals surface area contributed by atoms with Crippen molar-refractivity contribution in [3.05, 3.63) is 30.3 Å². The standard InChI is InChI=1S/C14H23NO2/c1-14(2,3)15-10-13(11-16-4)17-12-8-6-5-7-9-12/h5-9,13,15H,10-11H2,1-4H3. The van der Waals surface area contributed by atoms with Gasteiger partial charge in [0.2, 0.25) is 0 Å². The minimum atomic E-state index is 0.0293. The summed E-state index contributed by atoms with van der Waals surface area (Å²) in [6, 6.07) is 9.83. The number of nitrogens with one attached hydrogen (secondary N) is 1. The second-order valence-corrected chi connectivity index (χ2v) is 5.14. The van der Waals surface area contributed by atoms with Gasteiger partial charge in [-0.25, -0.2) is 0 Å². The van der Waals surface area contributed by atoms with E-state index in [2.05, 4.69) is 26.1 Å². The monoisotopic (exact) mass is 237 g/mol. The van der Waals surface area contributed by atoms with Crippen LogP contribution in [0.5, 0.6) is 5.75 Å². The van der Waals surface area contributed by atoms with Crippen LogP contribution >= 0.6 is 0 Å². The molecule has 0 aliphatic rings. The molecule has 0 aliphatic heterocycles. The lowest BCUT2D eigenvalue weighted by Crippen LogP contribution is -2.44. The van der Waals surface area contributed by atoms with E-state index in [4.69, 9.17) is 9.47 Å². The summed E-state index contributed by atoms with van der Waals surface area (Å²) < 4.78 is 11.0. The first-order valence-corrected chi connectivity index (χ1v) is 5.97. The zero-order chi connectivity index (χ0) is 12.7. The third kappa shape index (κ3) is 6.29. The molecule has 0 bridgehead atoms. The number of hydrogen-bond acceptors (Lipinski definition) is 3. The Hall–Kier alpha value is -1.06. The molecule has 3 nitrogen and oxygen atoms in total. The van der Waals surface area contributed by atoms with E-state index in [0.29, 0.717) is 6.61 Å². The van der Waals surface area contributed by atoms with Crippen molar-refractivity contribution in [1.82, 2.24) is 5.32 Å². The van der Waals surface area contributed by atoms with Gasteiger partial charge >= 0.3 is 0 Å². The van der Waals surface area contributed by atoms with Gasteiger partial charge in [-0.15, -0.1) is 0 Å². The molecule has 0 fully saturated rings. The smallest absolute Gasteiger partial charge is 0.134 e. The molecule has 0 saturated carbocycles. The topological polar surface area (TPSA) is 30.5 Å². The molecule has 3 heteroatoms. The number of rotatable bonds is 6. The summed E-state index contributed by atoms with van der Waals surface area (Å²) in [5, 5.41) is 3.42. The van der Waals surface area contributed by atoms with Crippen LogP contribution in [0, 0.1) is 0 Å². The minimum absolute atomic E-state index is 0.0293. The third-order valence-electron chi connectivity index (χ3n) is 2.26. The van der Waals surface area contributed by atoms with E-state index in [9.17, 15) is 0 Å². The van der Waals surface area contributed by atoms with Gasteiger partial charge in [0, 0.05) is 19.2 Å². The second kappa shape index (κ2) is 6.62. The summed E-state index contributed by atoms with van der Waals surface area (Å²) in [6.45, 7) is 7.77. The predicted octanol–water partition coefficient (Wildman–Crippen LogP) is 2.47. The molecular weight excluding hydrogens is 214 g/mol. The molecule has 1 unspecified atom stereocenters. The normalized spacial score (nSPS) is 13.4. The SMILES string of the molecule is COCC(CNC(C)(C)C)Oc1ccccc1. The van der Waals surface area contributed by atoms with Crippen molar-refractivity contribution in [3.63, 3.8) is 0 Å². The maximum atomic E-state index is 5.86. The first-order valence-electron chi connectivity index (χ1n) is 5.97. The molecule has 0 aliphatic carbocycles.